The number of imide groups is 1. The number of hydrogen-bond donors (Lipinski definition) is 1. The minimum absolute atomic E-state index is 0.144. The standard InChI is InChI=1S/C21H17Br2NO6S/c1-12-2-4-14(5-3-12)29-7-6-24-20(27)17(31-21(24)28)10-13-8-15(22)19(16(23)9-13)30-11-18(25)26/h2-5,8-10H,6-7,11H2,1H3,(H,25,26)/b17-10-. The lowest BCUT2D eigenvalue weighted by Gasteiger charge is -2.13. The van der Waals surface area contributed by atoms with Crippen LogP contribution in [-0.4, -0.2) is 46.9 Å². The molecule has 0 unspecified atom stereocenters. The van der Waals surface area contributed by atoms with Gasteiger partial charge in [-0.15, -0.1) is 0 Å². The Morgan fingerprint density at radius 1 is 1.13 bits per heavy atom. The maximum atomic E-state index is 12.7. The Morgan fingerprint density at radius 3 is 2.39 bits per heavy atom. The number of carboxylic acid groups (broad SMARTS) is 1. The lowest BCUT2D eigenvalue weighted by molar-refractivity contribution is -0.139. The maximum Gasteiger partial charge on any atom is 0.341 e. The summed E-state index contributed by atoms with van der Waals surface area (Å²) in [6, 6.07) is 10.9. The molecule has 0 radical (unpaired) electrons. The fourth-order valence-corrected chi connectivity index (χ4v) is 4.98. The summed E-state index contributed by atoms with van der Waals surface area (Å²) >= 11 is 7.53. The van der Waals surface area contributed by atoms with E-state index in [4.69, 9.17) is 14.6 Å². The molecule has 2 amide bonds. The Balaban J connectivity index is 1.66. The van der Waals surface area contributed by atoms with Crippen molar-refractivity contribution in [3.8, 4) is 11.5 Å². The molecule has 31 heavy (non-hydrogen) atoms. The first-order valence-corrected chi connectivity index (χ1v) is 11.4. The molecule has 162 valence electrons. The van der Waals surface area contributed by atoms with Gasteiger partial charge >= 0.3 is 5.97 Å². The molecule has 1 N–H and O–H groups in total. The van der Waals surface area contributed by atoms with Crippen molar-refractivity contribution in [2.24, 2.45) is 0 Å². The lowest BCUT2D eigenvalue weighted by Crippen LogP contribution is -2.32. The molecule has 0 aromatic heterocycles. The second-order valence-corrected chi connectivity index (χ2v) is 9.19. The molecule has 1 fully saturated rings. The van der Waals surface area contributed by atoms with Gasteiger partial charge in [-0.1, -0.05) is 17.7 Å². The maximum absolute atomic E-state index is 12.7. The van der Waals surface area contributed by atoms with Gasteiger partial charge in [0.2, 0.25) is 0 Å². The third kappa shape index (κ3) is 6.11. The summed E-state index contributed by atoms with van der Waals surface area (Å²) in [4.78, 5) is 37.1. The van der Waals surface area contributed by atoms with Gasteiger partial charge in [0.05, 0.1) is 20.4 Å². The van der Waals surface area contributed by atoms with Gasteiger partial charge in [0.25, 0.3) is 11.1 Å². The first-order valence-electron chi connectivity index (χ1n) is 9.03. The zero-order valence-corrected chi connectivity index (χ0v) is 20.3. The summed E-state index contributed by atoms with van der Waals surface area (Å²) < 4.78 is 11.9. The van der Waals surface area contributed by atoms with E-state index < -0.39 is 12.6 Å². The van der Waals surface area contributed by atoms with E-state index in [1.807, 2.05) is 31.2 Å². The van der Waals surface area contributed by atoms with Crippen LogP contribution in [0.3, 0.4) is 0 Å². The number of ether oxygens (including phenoxy) is 2. The number of carbonyl (C=O) groups excluding carboxylic acids is 2. The number of thioether (sulfide) groups is 1. The van der Waals surface area contributed by atoms with Gasteiger partial charge in [-0.05, 0) is 86.5 Å². The van der Waals surface area contributed by atoms with Gasteiger partial charge in [-0.25, -0.2) is 4.79 Å². The van der Waals surface area contributed by atoms with Gasteiger partial charge in [-0.2, -0.15) is 0 Å². The van der Waals surface area contributed by atoms with Gasteiger partial charge in [0.1, 0.15) is 18.1 Å². The van der Waals surface area contributed by atoms with Crippen LogP contribution in [-0.2, 0) is 9.59 Å². The molecule has 1 aliphatic heterocycles. The van der Waals surface area contributed by atoms with E-state index in [9.17, 15) is 14.4 Å². The first kappa shape index (κ1) is 23.4. The molecule has 1 aliphatic rings. The second kappa shape index (κ2) is 10.3. The number of hydrogen-bond acceptors (Lipinski definition) is 6. The van der Waals surface area contributed by atoms with Crippen molar-refractivity contribution >= 4 is 66.8 Å². The molecule has 2 aromatic rings. The summed E-state index contributed by atoms with van der Waals surface area (Å²) in [7, 11) is 0. The first-order chi connectivity index (χ1) is 14.7. The van der Waals surface area contributed by atoms with E-state index in [0.717, 1.165) is 22.2 Å². The number of amides is 2. The fourth-order valence-electron chi connectivity index (χ4n) is 2.67. The Labute approximate surface area is 199 Å². The van der Waals surface area contributed by atoms with Crippen molar-refractivity contribution < 1.29 is 29.0 Å². The summed E-state index contributed by atoms with van der Waals surface area (Å²) in [6.45, 7) is 1.83. The van der Waals surface area contributed by atoms with Crippen molar-refractivity contribution in [2.75, 3.05) is 19.8 Å². The van der Waals surface area contributed by atoms with E-state index in [0.29, 0.717) is 30.9 Å². The van der Waals surface area contributed by atoms with Crippen molar-refractivity contribution in [3.63, 3.8) is 0 Å². The van der Waals surface area contributed by atoms with Gasteiger partial charge in [0, 0.05) is 0 Å². The summed E-state index contributed by atoms with van der Waals surface area (Å²) in [5.41, 5.74) is 1.76. The van der Waals surface area contributed by atoms with Crippen LogP contribution in [0.25, 0.3) is 6.08 Å². The Hall–Kier alpha value is -2.30. The van der Waals surface area contributed by atoms with E-state index in [1.54, 1.807) is 18.2 Å². The topological polar surface area (TPSA) is 93.1 Å². The predicted octanol–water partition coefficient (Wildman–Crippen LogP) is 5.10. The number of nitrogens with zero attached hydrogens (tertiary/aromatic N) is 1. The third-order valence-electron chi connectivity index (χ3n) is 4.14. The van der Waals surface area contributed by atoms with E-state index in [1.165, 1.54) is 0 Å². The van der Waals surface area contributed by atoms with E-state index >= 15 is 0 Å². The van der Waals surface area contributed by atoms with Crippen LogP contribution in [0.5, 0.6) is 11.5 Å². The monoisotopic (exact) mass is 569 g/mol. The van der Waals surface area contributed by atoms with Crippen LogP contribution in [0.2, 0.25) is 0 Å². The predicted molar refractivity (Wildman–Crippen MR) is 124 cm³/mol. The highest BCUT2D eigenvalue weighted by Gasteiger charge is 2.34. The van der Waals surface area contributed by atoms with Crippen LogP contribution in [0.4, 0.5) is 4.79 Å². The number of aryl methyl sites for hydroxylation is 1. The Kier molecular flexibility index (Phi) is 7.79. The average molecular weight is 571 g/mol. The highest BCUT2D eigenvalue weighted by Crippen LogP contribution is 2.37. The van der Waals surface area contributed by atoms with Crippen molar-refractivity contribution in [2.45, 2.75) is 6.92 Å². The van der Waals surface area contributed by atoms with Crippen molar-refractivity contribution in [1.82, 2.24) is 4.90 Å². The van der Waals surface area contributed by atoms with Crippen molar-refractivity contribution in [1.29, 1.82) is 0 Å². The van der Waals surface area contributed by atoms with Gasteiger partial charge in [0.15, 0.2) is 6.61 Å². The number of carboxylic acids is 1. The Morgan fingerprint density at radius 2 is 1.77 bits per heavy atom. The molecule has 0 atom stereocenters. The normalized spacial score (nSPS) is 14.9. The van der Waals surface area contributed by atoms with Gasteiger partial charge < -0.3 is 14.6 Å². The van der Waals surface area contributed by atoms with E-state index in [2.05, 4.69) is 31.9 Å². The van der Waals surface area contributed by atoms with Gasteiger partial charge in [-0.3, -0.25) is 14.5 Å². The molecular formula is C21H17Br2NO6S. The zero-order valence-electron chi connectivity index (χ0n) is 16.3. The smallest absolute Gasteiger partial charge is 0.341 e. The second-order valence-electron chi connectivity index (χ2n) is 6.49. The van der Waals surface area contributed by atoms with Crippen LogP contribution < -0.4 is 9.47 Å². The molecule has 10 heteroatoms. The highest BCUT2D eigenvalue weighted by atomic mass is 79.9. The molecule has 2 aromatic carbocycles. The van der Waals surface area contributed by atoms with Crippen LogP contribution >= 0.6 is 43.6 Å². The molecule has 0 spiro atoms. The Bertz CT molecular complexity index is 1030. The van der Waals surface area contributed by atoms with Crippen LogP contribution in [0.15, 0.2) is 50.2 Å². The molecule has 0 bridgehead atoms. The summed E-state index contributed by atoms with van der Waals surface area (Å²) in [6.07, 6.45) is 1.60. The van der Waals surface area contributed by atoms with Crippen molar-refractivity contribution in [3.05, 3.63) is 61.4 Å². The molecule has 1 heterocycles. The average Bonchev–Trinajstić information content (AvgIpc) is 2.96. The molecule has 0 saturated carbocycles. The number of aliphatic carboxylic acids is 1. The fraction of sp³-hybridized carbons (Fsp3) is 0.190. The third-order valence-corrected chi connectivity index (χ3v) is 6.22. The molecule has 1 saturated heterocycles. The zero-order chi connectivity index (χ0) is 22.5. The van der Waals surface area contributed by atoms with Crippen LogP contribution in [0, 0.1) is 6.92 Å². The summed E-state index contributed by atoms with van der Waals surface area (Å²) in [5, 5.41) is 8.41. The number of benzene rings is 2. The number of carbonyl (C=O) groups is 3. The molecule has 7 nitrogen and oxygen atoms in total. The number of rotatable bonds is 8. The largest absolute Gasteiger partial charge is 0.492 e. The number of halogens is 2. The molecule has 0 aliphatic carbocycles. The summed E-state index contributed by atoms with van der Waals surface area (Å²) in [5.74, 6) is -0.474. The van der Waals surface area contributed by atoms with Crippen LogP contribution in [0.1, 0.15) is 11.1 Å². The molecular weight excluding hydrogens is 554 g/mol. The minimum atomic E-state index is -1.09. The SMILES string of the molecule is Cc1ccc(OCCN2C(=O)S/C(=C\c3cc(Br)c(OCC(=O)O)c(Br)c3)C2=O)cc1. The van der Waals surface area contributed by atoms with E-state index in [-0.39, 0.29) is 24.3 Å². The minimum Gasteiger partial charge on any atom is -0.492 e. The molecule has 3 rings (SSSR count). The quantitative estimate of drug-likeness (QED) is 0.441. The highest BCUT2D eigenvalue weighted by molar-refractivity contribution is 9.11. The lowest BCUT2D eigenvalue weighted by atomic mass is 10.2.